The second-order valence-electron chi connectivity index (χ2n) is 6.27. The highest BCUT2D eigenvalue weighted by molar-refractivity contribution is 5.93. The molecule has 2 aliphatic rings. The predicted octanol–water partition coefficient (Wildman–Crippen LogP) is 0.829. The lowest BCUT2D eigenvalue weighted by atomic mass is 10.2. The first-order valence-corrected chi connectivity index (χ1v) is 8.56. The van der Waals surface area contributed by atoms with E-state index in [-0.39, 0.29) is 5.91 Å². The summed E-state index contributed by atoms with van der Waals surface area (Å²) in [7, 11) is 0. The Kier molecular flexibility index (Phi) is 4.27. The monoisotopic (exact) mass is 343 g/mol. The highest BCUT2D eigenvalue weighted by Crippen LogP contribution is 2.32. The number of amides is 1. The van der Waals surface area contributed by atoms with Gasteiger partial charge in [0.25, 0.3) is 5.91 Å². The first-order valence-electron chi connectivity index (χ1n) is 8.56. The van der Waals surface area contributed by atoms with Gasteiger partial charge < -0.3 is 20.1 Å². The maximum absolute atomic E-state index is 12.4. The second kappa shape index (κ2) is 6.72. The van der Waals surface area contributed by atoms with E-state index in [4.69, 9.17) is 9.47 Å². The Labute approximate surface area is 145 Å². The number of carbonyl (C=O) groups is 1. The van der Waals surface area contributed by atoms with E-state index in [2.05, 4.69) is 20.9 Å². The molecule has 3 heterocycles. The summed E-state index contributed by atoms with van der Waals surface area (Å²) < 4.78 is 12.8. The molecule has 1 unspecified atom stereocenters. The molecule has 0 bridgehead atoms. The van der Waals surface area contributed by atoms with Gasteiger partial charge in [0.1, 0.15) is 13.2 Å². The zero-order chi connectivity index (χ0) is 17.2. The Morgan fingerprint density at radius 3 is 3.00 bits per heavy atom. The van der Waals surface area contributed by atoms with Gasteiger partial charge in [-0.05, 0) is 38.4 Å². The summed E-state index contributed by atoms with van der Waals surface area (Å²) >= 11 is 0. The quantitative estimate of drug-likeness (QED) is 0.855. The summed E-state index contributed by atoms with van der Waals surface area (Å²) in [5.41, 5.74) is 1.81. The van der Waals surface area contributed by atoms with E-state index in [9.17, 15) is 4.79 Å². The minimum absolute atomic E-state index is 0.199. The van der Waals surface area contributed by atoms with E-state index in [0.29, 0.717) is 42.9 Å². The van der Waals surface area contributed by atoms with Crippen molar-refractivity contribution in [2.24, 2.45) is 0 Å². The fourth-order valence-corrected chi connectivity index (χ4v) is 3.18. The second-order valence-corrected chi connectivity index (χ2v) is 6.27. The molecule has 1 fully saturated rings. The van der Waals surface area contributed by atoms with Crippen LogP contribution in [0.4, 0.5) is 0 Å². The van der Waals surface area contributed by atoms with Crippen LogP contribution < -0.4 is 20.1 Å². The molecule has 2 aliphatic heterocycles. The summed E-state index contributed by atoms with van der Waals surface area (Å²) in [4.78, 5) is 12.4. The fraction of sp³-hybridized carbons (Fsp3) is 0.471. The molecule has 4 rings (SSSR count). The van der Waals surface area contributed by atoms with Gasteiger partial charge in [-0.2, -0.15) is 0 Å². The van der Waals surface area contributed by atoms with Gasteiger partial charge in [-0.25, -0.2) is 4.68 Å². The molecule has 1 atom stereocenters. The number of benzene rings is 1. The SMILES string of the molecule is Cc1c(C(=O)NCC2CCCN2)nnn1-c1ccc2c(c1)OCCO2. The molecule has 1 amide bonds. The third-order valence-corrected chi connectivity index (χ3v) is 4.55. The van der Waals surface area contributed by atoms with E-state index >= 15 is 0 Å². The van der Waals surface area contributed by atoms with Crippen molar-refractivity contribution in [3.8, 4) is 17.2 Å². The highest BCUT2D eigenvalue weighted by atomic mass is 16.6. The molecular formula is C17H21N5O3. The van der Waals surface area contributed by atoms with Crippen molar-refractivity contribution >= 4 is 5.91 Å². The number of hydrogen-bond acceptors (Lipinski definition) is 6. The van der Waals surface area contributed by atoms with Crippen LogP contribution in [0.2, 0.25) is 0 Å². The zero-order valence-corrected chi connectivity index (χ0v) is 14.1. The smallest absolute Gasteiger partial charge is 0.273 e. The number of ether oxygens (including phenoxy) is 2. The van der Waals surface area contributed by atoms with Crippen LogP contribution in [-0.2, 0) is 0 Å². The molecule has 1 aromatic carbocycles. The summed E-state index contributed by atoms with van der Waals surface area (Å²) in [5, 5.41) is 14.5. The van der Waals surface area contributed by atoms with E-state index in [1.54, 1.807) is 4.68 Å². The van der Waals surface area contributed by atoms with Crippen molar-refractivity contribution in [2.45, 2.75) is 25.8 Å². The molecule has 0 radical (unpaired) electrons. The van der Waals surface area contributed by atoms with Crippen LogP contribution in [0.15, 0.2) is 18.2 Å². The van der Waals surface area contributed by atoms with E-state index < -0.39 is 0 Å². The molecule has 0 spiro atoms. The maximum atomic E-state index is 12.4. The maximum Gasteiger partial charge on any atom is 0.273 e. The van der Waals surface area contributed by atoms with Gasteiger partial charge in [-0.1, -0.05) is 5.21 Å². The summed E-state index contributed by atoms with van der Waals surface area (Å²) in [5.74, 6) is 1.20. The summed E-state index contributed by atoms with van der Waals surface area (Å²) in [6.07, 6.45) is 2.24. The van der Waals surface area contributed by atoms with Crippen molar-refractivity contribution < 1.29 is 14.3 Å². The van der Waals surface area contributed by atoms with Gasteiger partial charge in [-0.15, -0.1) is 5.10 Å². The van der Waals surface area contributed by atoms with Crippen molar-refractivity contribution in [2.75, 3.05) is 26.3 Å². The normalized spacial score (nSPS) is 19.0. The van der Waals surface area contributed by atoms with Crippen LogP contribution in [0.25, 0.3) is 5.69 Å². The number of carbonyl (C=O) groups excluding carboxylic acids is 1. The zero-order valence-electron chi connectivity index (χ0n) is 14.1. The first kappa shape index (κ1) is 15.9. The molecule has 8 heteroatoms. The lowest BCUT2D eigenvalue weighted by Crippen LogP contribution is -2.37. The minimum atomic E-state index is -0.199. The molecule has 2 N–H and O–H groups in total. The molecule has 0 aliphatic carbocycles. The van der Waals surface area contributed by atoms with Gasteiger partial charge in [0.05, 0.1) is 11.4 Å². The summed E-state index contributed by atoms with van der Waals surface area (Å²) in [6.45, 7) is 4.53. The van der Waals surface area contributed by atoms with Crippen LogP contribution in [0.1, 0.15) is 29.0 Å². The molecule has 0 saturated carbocycles. The Morgan fingerprint density at radius 1 is 1.36 bits per heavy atom. The van der Waals surface area contributed by atoms with Gasteiger partial charge in [0, 0.05) is 18.7 Å². The van der Waals surface area contributed by atoms with Crippen LogP contribution in [-0.4, -0.2) is 53.2 Å². The largest absolute Gasteiger partial charge is 0.486 e. The average molecular weight is 343 g/mol. The van der Waals surface area contributed by atoms with Crippen LogP contribution in [0.3, 0.4) is 0 Å². The molecule has 8 nitrogen and oxygen atoms in total. The minimum Gasteiger partial charge on any atom is -0.486 e. The van der Waals surface area contributed by atoms with Crippen molar-refractivity contribution in [1.82, 2.24) is 25.6 Å². The number of hydrogen-bond donors (Lipinski definition) is 2. The van der Waals surface area contributed by atoms with Crippen LogP contribution >= 0.6 is 0 Å². The Balaban J connectivity index is 1.51. The van der Waals surface area contributed by atoms with Crippen LogP contribution in [0.5, 0.6) is 11.5 Å². The van der Waals surface area contributed by atoms with E-state index in [1.165, 1.54) is 0 Å². The average Bonchev–Trinajstić information content (AvgIpc) is 3.29. The topological polar surface area (TPSA) is 90.3 Å². The predicted molar refractivity (Wildman–Crippen MR) is 90.4 cm³/mol. The van der Waals surface area contributed by atoms with Crippen molar-refractivity contribution in [1.29, 1.82) is 0 Å². The van der Waals surface area contributed by atoms with E-state index in [0.717, 1.165) is 30.8 Å². The van der Waals surface area contributed by atoms with Crippen molar-refractivity contribution in [3.63, 3.8) is 0 Å². The Bertz CT molecular complexity index is 783. The van der Waals surface area contributed by atoms with Gasteiger partial charge in [0.2, 0.25) is 0 Å². The lowest BCUT2D eigenvalue weighted by Gasteiger charge is -2.18. The third kappa shape index (κ3) is 3.17. The Hall–Kier alpha value is -2.61. The number of rotatable bonds is 4. The third-order valence-electron chi connectivity index (χ3n) is 4.55. The van der Waals surface area contributed by atoms with Gasteiger partial charge in [0.15, 0.2) is 17.2 Å². The first-order chi connectivity index (χ1) is 12.2. The number of nitrogens with zero attached hydrogens (tertiary/aromatic N) is 3. The Morgan fingerprint density at radius 2 is 2.20 bits per heavy atom. The van der Waals surface area contributed by atoms with Gasteiger partial charge >= 0.3 is 0 Å². The molecular weight excluding hydrogens is 322 g/mol. The number of fused-ring (bicyclic) bond motifs is 1. The number of nitrogens with one attached hydrogen (secondary N) is 2. The van der Waals surface area contributed by atoms with Gasteiger partial charge in [-0.3, -0.25) is 4.79 Å². The van der Waals surface area contributed by atoms with Crippen molar-refractivity contribution in [3.05, 3.63) is 29.6 Å². The fourth-order valence-electron chi connectivity index (χ4n) is 3.18. The molecule has 1 saturated heterocycles. The molecule has 25 heavy (non-hydrogen) atoms. The molecule has 132 valence electrons. The molecule has 1 aromatic heterocycles. The molecule has 2 aromatic rings. The van der Waals surface area contributed by atoms with Crippen LogP contribution in [0, 0.1) is 6.92 Å². The van der Waals surface area contributed by atoms with E-state index in [1.807, 2.05) is 25.1 Å². The number of aromatic nitrogens is 3. The summed E-state index contributed by atoms with van der Waals surface area (Å²) in [6, 6.07) is 5.91. The highest BCUT2D eigenvalue weighted by Gasteiger charge is 2.21. The standard InChI is InChI=1S/C17H21N5O3/c1-11-16(17(23)19-10-12-3-2-6-18-12)20-21-22(11)13-4-5-14-15(9-13)25-8-7-24-14/h4-5,9,12,18H,2-3,6-8,10H2,1H3,(H,19,23). The lowest BCUT2D eigenvalue weighted by molar-refractivity contribution is 0.0944.